The number of rotatable bonds is 2. The van der Waals surface area contributed by atoms with Gasteiger partial charge in [0.15, 0.2) is 0 Å². The molecule has 100 valence electrons. The van der Waals surface area contributed by atoms with Crippen LogP contribution < -0.4 is 0 Å². The normalized spacial score (nSPS) is 22.8. The predicted octanol–water partition coefficient (Wildman–Crippen LogP) is -0.594. The van der Waals surface area contributed by atoms with E-state index in [0.717, 1.165) is 0 Å². The van der Waals surface area contributed by atoms with Gasteiger partial charge in [-0.1, -0.05) is 0 Å². The number of β-amino-alcohol motifs (C(OH)–C–C–N with tert-alkyl or cyclic N) is 1. The van der Waals surface area contributed by atoms with Crippen molar-refractivity contribution in [1.29, 1.82) is 0 Å². The molecular formula is C10H19ClN2O4. The smallest absolute Gasteiger partial charge is 0.394 e. The lowest BCUT2D eigenvalue weighted by atomic mass is 10.1. The first-order chi connectivity index (χ1) is 7.41. The van der Waals surface area contributed by atoms with E-state index in [0.29, 0.717) is 26.2 Å². The number of carboxylic acids is 1. The highest BCUT2D eigenvalue weighted by molar-refractivity contribution is 6.31. The van der Waals surface area contributed by atoms with Crippen molar-refractivity contribution in [3.05, 3.63) is 0 Å². The molecule has 1 amide bonds. The highest BCUT2D eigenvalue weighted by Gasteiger charge is 2.30. The molecule has 7 heteroatoms. The summed E-state index contributed by atoms with van der Waals surface area (Å²) >= 11 is 0. The zero-order chi connectivity index (χ0) is 12.3. The highest BCUT2D eigenvalue weighted by Crippen LogP contribution is 2.10. The van der Waals surface area contributed by atoms with Crippen LogP contribution in [0.1, 0.15) is 13.8 Å². The number of nitrogens with zero attached hydrogens (tertiary/aromatic N) is 2. The number of amides is 1. The van der Waals surface area contributed by atoms with Crippen molar-refractivity contribution in [2.24, 2.45) is 0 Å². The van der Waals surface area contributed by atoms with Crippen molar-refractivity contribution in [2.75, 3.05) is 26.2 Å². The van der Waals surface area contributed by atoms with Gasteiger partial charge in [-0.3, -0.25) is 9.69 Å². The van der Waals surface area contributed by atoms with Gasteiger partial charge in [-0.2, -0.15) is 0 Å². The van der Waals surface area contributed by atoms with E-state index in [1.165, 1.54) is 4.90 Å². The predicted molar refractivity (Wildman–Crippen MR) is 64.2 cm³/mol. The Bertz CT molecular complexity index is 285. The molecule has 2 N–H and O–H groups in total. The van der Waals surface area contributed by atoms with Crippen molar-refractivity contribution in [1.82, 2.24) is 9.80 Å². The summed E-state index contributed by atoms with van der Waals surface area (Å²) in [5, 5.41) is 17.9. The summed E-state index contributed by atoms with van der Waals surface area (Å²) in [6, 6.07) is -0.129. The molecule has 0 aliphatic carbocycles. The Balaban J connectivity index is 0.00000256. The third-order valence-corrected chi connectivity index (χ3v) is 2.68. The minimum absolute atomic E-state index is 0. The van der Waals surface area contributed by atoms with Crippen LogP contribution in [0, 0.1) is 0 Å². The van der Waals surface area contributed by atoms with E-state index in [9.17, 15) is 14.7 Å². The molecule has 17 heavy (non-hydrogen) atoms. The van der Waals surface area contributed by atoms with Crippen LogP contribution in [0.2, 0.25) is 0 Å². The molecule has 0 spiro atoms. The average molecular weight is 267 g/mol. The van der Waals surface area contributed by atoms with Crippen molar-refractivity contribution < 1.29 is 19.8 Å². The van der Waals surface area contributed by atoms with Gasteiger partial charge in [-0.05, 0) is 13.8 Å². The van der Waals surface area contributed by atoms with E-state index < -0.39 is 18.0 Å². The number of halogens is 1. The molecule has 1 rings (SSSR count). The van der Waals surface area contributed by atoms with Gasteiger partial charge < -0.3 is 15.1 Å². The van der Waals surface area contributed by atoms with E-state index in [-0.39, 0.29) is 18.4 Å². The van der Waals surface area contributed by atoms with Crippen LogP contribution in [-0.2, 0) is 9.59 Å². The Morgan fingerprint density at radius 1 is 1.41 bits per heavy atom. The maximum atomic E-state index is 11.3. The first-order valence-corrected chi connectivity index (χ1v) is 5.36. The largest absolute Gasteiger partial charge is 0.474 e. The summed E-state index contributed by atoms with van der Waals surface area (Å²) in [6.45, 7) is 5.69. The van der Waals surface area contributed by atoms with E-state index in [1.54, 1.807) is 6.92 Å². The summed E-state index contributed by atoms with van der Waals surface area (Å²) in [7, 11) is 0. The fourth-order valence-electron chi connectivity index (χ4n) is 2.00. The monoisotopic (exact) mass is 266 g/mol. The molecule has 0 aromatic heterocycles. The lowest BCUT2D eigenvalue weighted by Crippen LogP contribution is -2.56. The lowest BCUT2D eigenvalue weighted by Gasteiger charge is -2.39. The van der Waals surface area contributed by atoms with Gasteiger partial charge in [-0.15, -0.1) is 12.4 Å². The summed E-state index contributed by atoms with van der Waals surface area (Å²) in [6.07, 6.45) is -0.408. The number of hydrogen-bond donors (Lipinski definition) is 2. The van der Waals surface area contributed by atoms with Crippen LogP contribution in [-0.4, -0.2) is 70.2 Å². The van der Waals surface area contributed by atoms with Crippen LogP contribution in [0.5, 0.6) is 0 Å². The van der Waals surface area contributed by atoms with Gasteiger partial charge in [-0.25, -0.2) is 4.79 Å². The number of carboxylic acid groups (broad SMARTS) is 1. The summed E-state index contributed by atoms with van der Waals surface area (Å²) < 4.78 is 0. The number of aliphatic hydroxyl groups excluding tert-OH is 1. The molecule has 1 saturated heterocycles. The zero-order valence-corrected chi connectivity index (χ0v) is 10.8. The maximum Gasteiger partial charge on any atom is 0.394 e. The maximum absolute atomic E-state index is 11.3. The third-order valence-electron chi connectivity index (χ3n) is 2.68. The standard InChI is InChI=1S/C10H18N2O4.ClH/c1-7-5-11(6-8(2)13)3-4-12(7)9(14)10(15)16;/h7-8,13H,3-6H2,1-2H3,(H,15,16);1H. The van der Waals surface area contributed by atoms with E-state index >= 15 is 0 Å². The quantitative estimate of drug-likeness (QED) is 0.653. The zero-order valence-electron chi connectivity index (χ0n) is 10.00. The molecule has 1 aliphatic heterocycles. The van der Waals surface area contributed by atoms with E-state index in [2.05, 4.69) is 0 Å². The van der Waals surface area contributed by atoms with E-state index in [1.807, 2.05) is 11.8 Å². The molecular weight excluding hydrogens is 248 g/mol. The van der Waals surface area contributed by atoms with Crippen LogP contribution in [0.15, 0.2) is 0 Å². The number of hydrogen-bond acceptors (Lipinski definition) is 4. The van der Waals surface area contributed by atoms with Crippen molar-refractivity contribution in [3.8, 4) is 0 Å². The molecule has 0 bridgehead atoms. The average Bonchev–Trinajstić information content (AvgIpc) is 2.15. The minimum atomic E-state index is -1.41. The molecule has 6 nitrogen and oxygen atoms in total. The van der Waals surface area contributed by atoms with Crippen LogP contribution in [0.4, 0.5) is 0 Å². The van der Waals surface area contributed by atoms with Crippen LogP contribution >= 0.6 is 12.4 Å². The molecule has 0 aromatic rings. The van der Waals surface area contributed by atoms with Crippen LogP contribution in [0.3, 0.4) is 0 Å². The molecule has 0 aromatic carbocycles. The molecule has 0 saturated carbocycles. The Morgan fingerprint density at radius 3 is 2.41 bits per heavy atom. The van der Waals surface area contributed by atoms with Crippen LogP contribution in [0.25, 0.3) is 0 Å². The summed E-state index contributed by atoms with van der Waals surface area (Å²) in [5.74, 6) is -2.25. The molecule has 2 unspecified atom stereocenters. The second-order valence-corrected chi connectivity index (χ2v) is 4.26. The van der Waals surface area contributed by atoms with Gasteiger partial charge >= 0.3 is 11.9 Å². The fraction of sp³-hybridized carbons (Fsp3) is 0.800. The minimum Gasteiger partial charge on any atom is -0.474 e. The summed E-state index contributed by atoms with van der Waals surface area (Å²) in [5.41, 5.74) is 0. The molecule has 0 radical (unpaired) electrons. The number of piperazine rings is 1. The topological polar surface area (TPSA) is 81.1 Å². The molecule has 1 aliphatic rings. The van der Waals surface area contributed by atoms with Crippen molar-refractivity contribution in [2.45, 2.75) is 26.0 Å². The Labute approximate surface area is 107 Å². The first-order valence-electron chi connectivity index (χ1n) is 5.36. The SMILES string of the molecule is CC(O)CN1CCN(C(=O)C(=O)O)C(C)C1.Cl. The first kappa shape index (κ1) is 16.1. The highest BCUT2D eigenvalue weighted by atomic mass is 35.5. The Morgan fingerprint density at radius 2 is 2.00 bits per heavy atom. The fourth-order valence-corrected chi connectivity index (χ4v) is 2.00. The van der Waals surface area contributed by atoms with Gasteiger partial charge in [0.2, 0.25) is 0 Å². The molecule has 2 atom stereocenters. The Kier molecular flexibility index (Phi) is 6.44. The number of carbonyl (C=O) groups excluding carboxylic acids is 1. The second kappa shape index (κ2) is 6.78. The van der Waals surface area contributed by atoms with Crippen molar-refractivity contribution in [3.63, 3.8) is 0 Å². The van der Waals surface area contributed by atoms with Gasteiger partial charge in [0.25, 0.3) is 0 Å². The summed E-state index contributed by atoms with van der Waals surface area (Å²) in [4.78, 5) is 25.2. The number of carbonyl (C=O) groups is 2. The number of aliphatic hydroxyl groups is 1. The van der Waals surface area contributed by atoms with E-state index in [4.69, 9.17) is 5.11 Å². The lowest BCUT2D eigenvalue weighted by molar-refractivity contribution is -0.158. The third kappa shape index (κ3) is 4.49. The van der Waals surface area contributed by atoms with Crippen molar-refractivity contribution >= 4 is 24.3 Å². The Hall–Kier alpha value is -0.850. The van der Waals surface area contributed by atoms with Gasteiger partial charge in [0.1, 0.15) is 0 Å². The number of aliphatic carboxylic acids is 1. The molecule has 1 heterocycles. The molecule has 1 fully saturated rings. The van der Waals surface area contributed by atoms with Gasteiger partial charge in [0, 0.05) is 32.2 Å². The van der Waals surface area contributed by atoms with Gasteiger partial charge in [0.05, 0.1) is 6.10 Å². The second-order valence-electron chi connectivity index (χ2n) is 4.26.